The third-order valence-electron chi connectivity index (χ3n) is 18.4. The van der Waals surface area contributed by atoms with Gasteiger partial charge in [-0.05, 0) is 202 Å². The fraction of sp³-hybridized carbons (Fsp3) is 0. The van der Waals surface area contributed by atoms with Crippen LogP contribution in [-0.2, 0) is 0 Å². The second-order valence-corrected chi connectivity index (χ2v) is 23.4. The normalized spacial score (nSPS) is 11.9. The van der Waals surface area contributed by atoms with Crippen LogP contribution in [0.15, 0.2) is 324 Å². The van der Waals surface area contributed by atoms with E-state index in [-0.39, 0.29) is 0 Å². The summed E-state index contributed by atoms with van der Waals surface area (Å²) >= 11 is 0. The number of hydrogen-bond donors (Lipinski definition) is 0. The van der Waals surface area contributed by atoms with Gasteiger partial charge in [0.05, 0.1) is 0 Å². The van der Waals surface area contributed by atoms with Crippen molar-refractivity contribution in [3.8, 4) is 55.6 Å². The Balaban J connectivity index is 0.000000133. The molecule has 0 atom stereocenters. The highest BCUT2D eigenvalue weighted by atomic mass is 16.3. The van der Waals surface area contributed by atoms with Gasteiger partial charge in [0.1, 0.15) is 22.3 Å². The summed E-state index contributed by atoms with van der Waals surface area (Å²) < 4.78 is 12.6. The van der Waals surface area contributed by atoms with Crippen molar-refractivity contribution in [3.63, 3.8) is 0 Å². The number of rotatable bonds is 5. The molecule has 0 spiro atoms. The average molecular weight is 1120 g/mol. The Labute approximate surface area is 507 Å². The summed E-state index contributed by atoms with van der Waals surface area (Å²) in [6.45, 7) is 0. The van der Waals surface area contributed by atoms with Crippen molar-refractivity contribution in [2.75, 3.05) is 0 Å². The van der Waals surface area contributed by atoms with E-state index in [9.17, 15) is 0 Å². The molecule has 0 N–H and O–H groups in total. The topological polar surface area (TPSA) is 26.3 Å². The molecule has 88 heavy (non-hydrogen) atoms. The van der Waals surface area contributed by atoms with Crippen molar-refractivity contribution in [1.82, 2.24) is 0 Å². The van der Waals surface area contributed by atoms with Gasteiger partial charge in [-0.3, -0.25) is 0 Å². The Bertz CT molecular complexity index is 5940. The monoisotopic (exact) mass is 1120 g/mol. The van der Waals surface area contributed by atoms with E-state index in [0.29, 0.717) is 0 Å². The summed E-state index contributed by atoms with van der Waals surface area (Å²) in [5, 5.41) is 24.6. The minimum absolute atomic E-state index is 0.917. The van der Waals surface area contributed by atoms with Crippen LogP contribution in [0, 0.1) is 0 Å². The van der Waals surface area contributed by atoms with Gasteiger partial charge < -0.3 is 8.83 Å². The molecule has 0 bridgehead atoms. The summed E-state index contributed by atoms with van der Waals surface area (Å²) in [6, 6.07) is 114. The van der Waals surface area contributed by atoms with Gasteiger partial charge >= 0.3 is 0 Å². The SMILES string of the molecule is c1ccc2cc(-c3c4ccccc4c(-c4ccc(-c5ccc6oc7cc8ccccc8cc7c6c5)cc4)c4ccccc34)ccc2c1.c1ccc2cc(-c3c4ccccc4c(-c4ccc5oc6cc7ccccc7cc6c5c4)c4ccccc34)ccc2c1. The fourth-order valence-electron chi connectivity index (χ4n) is 14.3. The summed E-state index contributed by atoms with van der Waals surface area (Å²) in [5.74, 6) is 0. The Morgan fingerprint density at radius 2 is 0.386 bits per heavy atom. The Morgan fingerprint density at radius 3 is 0.773 bits per heavy atom. The second-order valence-electron chi connectivity index (χ2n) is 23.4. The van der Waals surface area contributed by atoms with Crippen molar-refractivity contribution >= 4 is 130 Å². The molecule has 0 saturated heterocycles. The zero-order valence-corrected chi connectivity index (χ0v) is 47.8. The summed E-state index contributed by atoms with van der Waals surface area (Å²) in [5.41, 5.74) is 16.1. The van der Waals surface area contributed by atoms with Crippen LogP contribution in [-0.4, -0.2) is 0 Å². The zero-order valence-electron chi connectivity index (χ0n) is 47.8. The molecule has 0 aliphatic rings. The van der Waals surface area contributed by atoms with Gasteiger partial charge in [-0.25, -0.2) is 0 Å². The highest BCUT2D eigenvalue weighted by Crippen LogP contribution is 2.48. The molecule has 0 saturated carbocycles. The number of hydrogen-bond acceptors (Lipinski definition) is 2. The van der Waals surface area contributed by atoms with Crippen molar-refractivity contribution in [1.29, 1.82) is 0 Å². The van der Waals surface area contributed by atoms with Crippen LogP contribution in [0.3, 0.4) is 0 Å². The van der Waals surface area contributed by atoms with Crippen molar-refractivity contribution in [2.24, 2.45) is 0 Å². The molecule has 19 aromatic rings. The Kier molecular flexibility index (Phi) is 11.3. The van der Waals surface area contributed by atoms with E-state index >= 15 is 0 Å². The molecular formula is C86H52O2. The number of benzene rings is 17. The number of furan rings is 2. The first kappa shape index (κ1) is 49.8. The predicted molar refractivity (Wildman–Crippen MR) is 375 cm³/mol. The Morgan fingerprint density at radius 1 is 0.136 bits per heavy atom. The second kappa shape index (κ2) is 20.0. The maximum Gasteiger partial charge on any atom is 0.136 e. The first-order valence-electron chi connectivity index (χ1n) is 30.3. The smallest absolute Gasteiger partial charge is 0.136 e. The number of fused-ring (bicyclic) bond motifs is 14. The predicted octanol–water partition coefficient (Wildman–Crippen LogP) is 24.7. The summed E-state index contributed by atoms with van der Waals surface area (Å²) in [6.07, 6.45) is 0. The maximum absolute atomic E-state index is 6.34. The first-order valence-corrected chi connectivity index (χ1v) is 30.3. The lowest BCUT2D eigenvalue weighted by atomic mass is 9.85. The van der Waals surface area contributed by atoms with E-state index in [1.807, 2.05) is 0 Å². The highest BCUT2D eigenvalue weighted by Gasteiger charge is 2.21. The van der Waals surface area contributed by atoms with Crippen molar-refractivity contribution in [2.45, 2.75) is 0 Å². The summed E-state index contributed by atoms with van der Waals surface area (Å²) in [7, 11) is 0. The lowest BCUT2D eigenvalue weighted by Crippen LogP contribution is -1.91. The van der Waals surface area contributed by atoms with E-state index in [1.54, 1.807) is 0 Å². The van der Waals surface area contributed by atoms with Gasteiger partial charge in [-0.15, -0.1) is 0 Å². The third-order valence-corrected chi connectivity index (χ3v) is 18.4. The molecule has 0 fully saturated rings. The molecule has 0 aliphatic carbocycles. The quantitative estimate of drug-likeness (QED) is 0.161. The molecule has 0 aliphatic heterocycles. The van der Waals surface area contributed by atoms with Crippen molar-refractivity contribution in [3.05, 3.63) is 315 Å². The molecule has 0 radical (unpaired) electrons. The largest absolute Gasteiger partial charge is 0.456 e. The maximum atomic E-state index is 6.34. The lowest BCUT2D eigenvalue weighted by molar-refractivity contribution is 0.669. The van der Waals surface area contributed by atoms with Gasteiger partial charge in [-0.2, -0.15) is 0 Å². The van der Waals surface area contributed by atoms with Gasteiger partial charge in [0, 0.05) is 21.5 Å². The molecule has 2 heteroatoms. The van der Waals surface area contributed by atoms with E-state index in [0.717, 1.165) is 43.9 Å². The lowest BCUT2D eigenvalue weighted by Gasteiger charge is -2.18. The van der Waals surface area contributed by atoms with Gasteiger partial charge in [0.2, 0.25) is 0 Å². The molecule has 2 aromatic heterocycles. The van der Waals surface area contributed by atoms with Crippen molar-refractivity contribution < 1.29 is 8.83 Å². The molecule has 19 rings (SSSR count). The minimum Gasteiger partial charge on any atom is -0.456 e. The molecule has 2 nitrogen and oxygen atoms in total. The average Bonchev–Trinajstić information content (AvgIpc) is 1.16. The van der Waals surface area contributed by atoms with Gasteiger partial charge in [0.25, 0.3) is 0 Å². The summed E-state index contributed by atoms with van der Waals surface area (Å²) in [4.78, 5) is 0. The minimum atomic E-state index is 0.917. The van der Waals surface area contributed by atoms with E-state index in [2.05, 4.69) is 315 Å². The molecule has 0 unspecified atom stereocenters. The molecular weight excluding hydrogens is 1060 g/mol. The van der Waals surface area contributed by atoms with Crippen LogP contribution in [0.2, 0.25) is 0 Å². The highest BCUT2D eigenvalue weighted by molar-refractivity contribution is 6.24. The third kappa shape index (κ3) is 8.11. The van der Waals surface area contributed by atoms with Crippen LogP contribution in [0.4, 0.5) is 0 Å². The standard InChI is InChI=1S/C46H28O.C40H24O/c1-2-10-32-25-36(22-19-29(32)9-1)46-39-15-7-5-13-37(39)45(38-14-6-8-16-40(38)46)31-20-17-30(18-21-31)35-23-24-43-41(27-35)42-26-33-11-3-4-12-34(33)28-44(42)47-43;1-2-10-26-21-29(18-17-25(26)9-1)39-31-13-5-7-15-33(31)40(34-16-8-6-14-32(34)39)30-19-20-37-35(23-30)36-22-27-11-3-4-12-28(27)24-38(36)41-37/h1-28H;1-24H. The molecule has 2 heterocycles. The van der Waals surface area contributed by atoms with Crippen LogP contribution < -0.4 is 0 Å². The van der Waals surface area contributed by atoms with Crippen LogP contribution in [0.25, 0.3) is 186 Å². The Hall–Kier alpha value is -11.6. The van der Waals surface area contributed by atoms with Crippen LogP contribution in [0.5, 0.6) is 0 Å². The fourth-order valence-corrected chi connectivity index (χ4v) is 14.3. The van der Waals surface area contributed by atoms with E-state index < -0.39 is 0 Å². The molecule has 0 amide bonds. The molecule has 17 aromatic carbocycles. The van der Waals surface area contributed by atoms with Crippen LogP contribution in [0.1, 0.15) is 0 Å². The van der Waals surface area contributed by atoms with Gasteiger partial charge in [-0.1, -0.05) is 255 Å². The molecule has 408 valence electrons. The van der Waals surface area contributed by atoms with Crippen LogP contribution >= 0.6 is 0 Å². The zero-order chi connectivity index (χ0) is 57.8. The van der Waals surface area contributed by atoms with E-state index in [1.165, 1.54) is 142 Å². The van der Waals surface area contributed by atoms with E-state index in [4.69, 9.17) is 8.83 Å². The first-order chi connectivity index (χ1) is 43.6. The van der Waals surface area contributed by atoms with Gasteiger partial charge in [0.15, 0.2) is 0 Å².